The third-order valence-electron chi connectivity index (χ3n) is 2.55. The number of thiazole rings is 1. The number of hydrogen-bond acceptors (Lipinski definition) is 5. The predicted octanol–water partition coefficient (Wildman–Crippen LogP) is 4.92. The van der Waals surface area contributed by atoms with Gasteiger partial charge in [-0.1, -0.05) is 29.2 Å². The van der Waals surface area contributed by atoms with Gasteiger partial charge in [-0.05, 0) is 29.6 Å². The normalized spacial score (nSPS) is 11.2. The highest BCUT2D eigenvalue weighted by atomic mass is 32.2. The number of alkyl halides is 2. The predicted molar refractivity (Wildman–Crippen MR) is 83.8 cm³/mol. The van der Waals surface area contributed by atoms with Crippen LogP contribution in [0.1, 0.15) is 9.67 Å². The second kappa shape index (κ2) is 6.08. The van der Waals surface area contributed by atoms with Crippen LogP contribution in [0.5, 0.6) is 0 Å². The smallest absolute Gasteiger partial charge is 0.288 e. The fraction of sp³-hybridized carbons (Fsp3) is 0.0769. The molecule has 0 spiro atoms. The van der Waals surface area contributed by atoms with Crippen molar-refractivity contribution < 1.29 is 13.6 Å². The number of carbonyl (C=O) groups is 1. The maximum Gasteiger partial charge on any atom is 0.288 e. The highest BCUT2D eigenvalue weighted by Gasteiger charge is 2.12. The molecular formula is C13H8F2N2OS3. The average molecular weight is 342 g/mol. The van der Waals surface area contributed by atoms with Gasteiger partial charge in [0.1, 0.15) is 0 Å². The number of nitrogens with zero attached hydrogens (tertiary/aromatic N) is 1. The number of thiophene rings is 1. The van der Waals surface area contributed by atoms with E-state index in [1.807, 2.05) is 5.38 Å². The van der Waals surface area contributed by atoms with Crippen LogP contribution in [0.15, 0.2) is 40.6 Å². The summed E-state index contributed by atoms with van der Waals surface area (Å²) in [4.78, 5) is 17.3. The third-order valence-corrected chi connectivity index (χ3v) is 5.06. The molecule has 0 aliphatic rings. The summed E-state index contributed by atoms with van der Waals surface area (Å²) in [5.74, 6) is -2.67. The quantitative estimate of drug-likeness (QED) is 0.684. The number of aromatic nitrogens is 1. The van der Waals surface area contributed by atoms with Crippen molar-refractivity contribution in [2.45, 2.75) is 10.7 Å². The number of thioether (sulfide) groups is 1. The third kappa shape index (κ3) is 3.39. The van der Waals surface area contributed by atoms with Crippen LogP contribution >= 0.6 is 34.4 Å². The minimum Gasteiger partial charge on any atom is -0.297 e. The van der Waals surface area contributed by atoms with Crippen molar-refractivity contribution in [1.82, 2.24) is 4.98 Å². The lowest BCUT2D eigenvalue weighted by Crippen LogP contribution is -2.09. The van der Waals surface area contributed by atoms with Gasteiger partial charge in [0.05, 0.1) is 15.1 Å². The van der Waals surface area contributed by atoms with Crippen LogP contribution in [0.3, 0.4) is 0 Å². The minimum absolute atomic E-state index is 0.216. The number of rotatable bonds is 4. The van der Waals surface area contributed by atoms with Gasteiger partial charge in [-0.15, -0.1) is 11.3 Å². The molecule has 0 bridgehead atoms. The highest BCUT2D eigenvalue weighted by Crippen LogP contribution is 2.32. The summed E-state index contributed by atoms with van der Waals surface area (Å²) in [6.45, 7) is 0. The van der Waals surface area contributed by atoms with Crippen LogP contribution in [0.2, 0.25) is 0 Å². The van der Waals surface area contributed by atoms with E-state index in [2.05, 4.69) is 10.3 Å². The van der Waals surface area contributed by atoms with Crippen LogP contribution in [0.25, 0.3) is 10.2 Å². The molecule has 8 heteroatoms. The Balaban J connectivity index is 1.82. The van der Waals surface area contributed by atoms with Crippen molar-refractivity contribution in [1.29, 1.82) is 0 Å². The summed E-state index contributed by atoms with van der Waals surface area (Å²) in [5.41, 5.74) is 0.681. The van der Waals surface area contributed by atoms with Crippen molar-refractivity contribution >= 4 is 55.7 Å². The molecule has 1 N–H and O–H groups in total. The first-order chi connectivity index (χ1) is 10.1. The van der Waals surface area contributed by atoms with Crippen molar-refractivity contribution in [2.75, 3.05) is 5.32 Å². The molecule has 2 aromatic heterocycles. The second-order valence-corrected chi connectivity index (χ2v) is 7.00. The topological polar surface area (TPSA) is 42.0 Å². The number of nitrogens with one attached hydrogen (secondary N) is 1. The van der Waals surface area contributed by atoms with Crippen LogP contribution in [-0.2, 0) is 0 Å². The molecule has 3 nitrogen and oxygen atoms in total. The van der Waals surface area contributed by atoms with Gasteiger partial charge in [-0.3, -0.25) is 10.1 Å². The lowest BCUT2D eigenvalue weighted by atomic mass is 10.3. The number of carbonyl (C=O) groups excluding carboxylic acids is 1. The molecule has 0 fully saturated rings. The largest absolute Gasteiger partial charge is 0.297 e. The molecule has 1 aromatic carbocycles. The van der Waals surface area contributed by atoms with Gasteiger partial charge < -0.3 is 0 Å². The highest BCUT2D eigenvalue weighted by molar-refractivity contribution is 7.99. The van der Waals surface area contributed by atoms with Crippen LogP contribution < -0.4 is 5.32 Å². The van der Waals surface area contributed by atoms with Gasteiger partial charge >= 0.3 is 0 Å². The van der Waals surface area contributed by atoms with Crippen molar-refractivity contribution in [3.8, 4) is 0 Å². The first kappa shape index (κ1) is 14.4. The van der Waals surface area contributed by atoms with E-state index in [9.17, 15) is 13.6 Å². The number of halogens is 2. The zero-order chi connectivity index (χ0) is 14.8. The molecule has 0 unspecified atom stereocenters. The molecular weight excluding hydrogens is 334 g/mol. The molecule has 0 radical (unpaired) electrons. The summed E-state index contributed by atoms with van der Waals surface area (Å²) in [7, 11) is 0. The number of hydrogen-bond donors (Lipinski definition) is 1. The standard InChI is InChI=1S/C13H8F2N2OS3/c14-12(15)20-7-3-4-8-10(6-7)21-13(16-8)17-11(18)9-2-1-5-19-9/h1-6,12H,(H,16,17,18). The summed E-state index contributed by atoms with van der Waals surface area (Å²) in [6, 6.07) is 8.46. The molecule has 0 saturated heterocycles. The first-order valence-corrected chi connectivity index (χ1v) is 8.39. The summed E-state index contributed by atoms with van der Waals surface area (Å²) in [5, 5.41) is 5.00. The molecule has 1 amide bonds. The summed E-state index contributed by atoms with van der Waals surface area (Å²) >= 11 is 3.11. The van der Waals surface area contributed by atoms with Crippen molar-refractivity contribution in [3.63, 3.8) is 0 Å². The Labute approximate surface area is 131 Å². The van der Waals surface area contributed by atoms with Crippen molar-refractivity contribution in [2.24, 2.45) is 0 Å². The zero-order valence-corrected chi connectivity index (χ0v) is 12.8. The zero-order valence-electron chi connectivity index (χ0n) is 10.4. The molecule has 3 aromatic rings. The van der Waals surface area contributed by atoms with Crippen LogP contribution in [-0.4, -0.2) is 16.6 Å². The Hall–Kier alpha value is -1.51. The maximum atomic E-state index is 12.3. The molecule has 2 heterocycles. The van der Waals surface area contributed by atoms with Crippen LogP contribution in [0, 0.1) is 0 Å². The number of benzene rings is 1. The molecule has 3 rings (SSSR count). The molecule has 0 aliphatic heterocycles. The minimum atomic E-state index is -2.45. The van der Waals surface area contributed by atoms with E-state index in [1.165, 1.54) is 22.7 Å². The van der Waals surface area contributed by atoms with Crippen molar-refractivity contribution in [3.05, 3.63) is 40.6 Å². The van der Waals surface area contributed by atoms with E-state index in [0.717, 1.165) is 4.70 Å². The fourth-order valence-corrected chi connectivity index (χ4v) is 3.83. The molecule has 0 atom stereocenters. The number of amides is 1. The number of fused-ring (bicyclic) bond motifs is 1. The van der Waals surface area contributed by atoms with Gasteiger partial charge in [0.15, 0.2) is 5.13 Å². The first-order valence-electron chi connectivity index (χ1n) is 5.82. The summed E-state index contributed by atoms with van der Waals surface area (Å²) < 4.78 is 25.5. The van der Waals surface area contributed by atoms with Gasteiger partial charge in [0.25, 0.3) is 11.7 Å². The lowest BCUT2D eigenvalue weighted by Gasteiger charge is -1.98. The molecule has 0 aliphatic carbocycles. The summed E-state index contributed by atoms with van der Waals surface area (Å²) in [6.07, 6.45) is 0. The van der Waals surface area contributed by atoms with Gasteiger partial charge in [-0.25, -0.2) is 4.98 Å². The van der Waals surface area contributed by atoms with E-state index in [0.29, 0.717) is 32.2 Å². The van der Waals surface area contributed by atoms with Gasteiger partial charge in [0.2, 0.25) is 0 Å². The van der Waals surface area contributed by atoms with E-state index in [1.54, 1.807) is 30.3 Å². The van der Waals surface area contributed by atoms with Gasteiger partial charge in [-0.2, -0.15) is 8.78 Å². The lowest BCUT2D eigenvalue weighted by molar-refractivity contribution is 0.103. The fourth-order valence-electron chi connectivity index (χ4n) is 1.70. The Kier molecular flexibility index (Phi) is 4.18. The second-order valence-electron chi connectivity index (χ2n) is 3.96. The molecule has 21 heavy (non-hydrogen) atoms. The Morgan fingerprint density at radius 3 is 2.90 bits per heavy atom. The Morgan fingerprint density at radius 2 is 2.19 bits per heavy atom. The number of anilines is 1. The van der Waals surface area contributed by atoms with E-state index in [-0.39, 0.29) is 5.91 Å². The average Bonchev–Trinajstić information content (AvgIpc) is 3.05. The van der Waals surface area contributed by atoms with E-state index < -0.39 is 5.76 Å². The molecule has 0 saturated carbocycles. The Bertz CT molecular complexity index is 771. The monoisotopic (exact) mass is 342 g/mol. The van der Waals surface area contributed by atoms with Crippen LogP contribution in [0.4, 0.5) is 13.9 Å². The SMILES string of the molecule is O=C(Nc1nc2ccc(SC(F)F)cc2s1)c1cccs1. The van der Waals surface area contributed by atoms with E-state index in [4.69, 9.17) is 0 Å². The van der Waals surface area contributed by atoms with Gasteiger partial charge in [0, 0.05) is 4.90 Å². The molecule has 108 valence electrons. The Morgan fingerprint density at radius 1 is 1.33 bits per heavy atom. The van der Waals surface area contributed by atoms with E-state index >= 15 is 0 Å². The maximum absolute atomic E-state index is 12.3.